The standard InChI is InChI=1S/C12H21N3O2S/c1-10(2)17-5-3-4-14-7-12(16)15-9-18-8-11(15)6-13/h10-11,14H,3-5,7-9H2,1-2H3/t11-/m1/s1. The lowest BCUT2D eigenvalue weighted by Gasteiger charge is -2.18. The second-order valence-corrected chi connectivity index (χ2v) is 5.46. The summed E-state index contributed by atoms with van der Waals surface area (Å²) in [6, 6.07) is 1.90. The summed E-state index contributed by atoms with van der Waals surface area (Å²) in [5.41, 5.74) is 0. The fourth-order valence-corrected chi connectivity index (χ4v) is 2.71. The fraction of sp³-hybridized carbons (Fsp3) is 0.833. The highest BCUT2D eigenvalue weighted by atomic mass is 32.2. The maximum atomic E-state index is 11.8. The predicted molar refractivity (Wildman–Crippen MR) is 72.1 cm³/mol. The average Bonchev–Trinajstić information content (AvgIpc) is 2.81. The Kier molecular flexibility index (Phi) is 7.09. The molecule has 0 unspecified atom stereocenters. The minimum Gasteiger partial charge on any atom is -0.379 e. The van der Waals surface area contributed by atoms with Crippen LogP contribution in [0.2, 0.25) is 0 Å². The lowest BCUT2D eigenvalue weighted by atomic mass is 10.3. The van der Waals surface area contributed by atoms with E-state index in [-0.39, 0.29) is 18.1 Å². The van der Waals surface area contributed by atoms with Gasteiger partial charge in [-0.25, -0.2) is 0 Å². The maximum absolute atomic E-state index is 11.8. The molecule has 1 aliphatic rings. The van der Waals surface area contributed by atoms with Crippen molar-refractivity contribution in [1.29, 1.82) is 5.26 Å². The Labute approximate surface area is 113 Å². The van der Waals surface area contributed by atoms with Crippen LogP contribution in [0, 0.1) is 11.3 Å². The lowest BCUT2D eigenvalue weighted by molar-refractivity contribution is -0.129. The molecule has 0 bridgehead atoms. The van der Waals surface area contributed by atoms with Crippen LogP contribution in [0.1, 0.15) is 20.3 Å². The van der Waals surface area contributed by atoms with E-state index < -0.39 is 0 Å². The van der Waals surface area contributed by atoms with Crippen molar-refractivity contribution in [2.75, 3.05) is 31.3 Å². The van der Waals surface area contributed by atoms with Crippen molar-refractivity contribution in [2.45, 2.75) is 32.4 Å². The van der Waals surface area contributed by atoms with Crippen molar-refractivity contribution in [3.63, 3.8) is 0 Å². The highest BCUT2D eigenvalue weighted by Crippen LogP contribution is 2.19. The molecule has 0 aromatic heterocycles. The van der Waals surface area contributed by atoms with Crippen molar-refractivity contribution in [3.8, 4) is 6.07 Å². The van der Waals surface area contributed by atoms with Gasteiger partial charge in [0.25, 0.3) is 0 Å². The number of ether oxygens (including phenoxy) is 1. The Balaban J connectivity index is 2.09. The van der Waals surface area contributed by atoms with Gasteiger partial charge in [0.15, 0.2) is 0 Å². The Morgan fingerprint density at radius 1 is 1.67 bits per heavy atom. The molecule has 0 aromatic rings. The largest absolute Gasteiger partial charge is 0.379 e. The first-order valence-electron chi connectivity index (χ1n) is 6.24. The van der Waals surface area contributed by atoms with Gasteiger partial charge in [-0.15, -0.1) is 11.8 Å². The number of amides is 1. The van der Waals surface area contributed by atoms with Gasteiger partial charge in [-0.1, -0.05) is 0 Å². The van der Waals surface area contributed by atoms with E-state index in [2.05, 4.69) is 11.4 Å². The summed E-state index contributed by atoms with van der Waals surface area (Å²) < 4.78 is 5.40. The molecule has 6 heteroatoms. The molecule has 1 heterocycles. The van der Waals surface area contributed by atoms with E-state index in [1.54, 1.807) is 16.7 Å². The zero-order valence-corrected chi connectivity index (χ0v) is 11.8. The quantitative estimate of drug-likeness (QED) is 0.694. The van der Waals surface area contributed by atoms with Gasteiger partial charge < -0.3 is 15.0 Å². The molecule has 1 fully saturated rings. The smallest absolute Gasteiger partial charge is 0.238 e. The average molecular weight is 271 g/mol. The summed E-state index contributed by atoms with van der Waals surface area (Å²) in [7, 11) is 0. The lowest BCUT2D eigenvalue weighted by Crippen LogP contribution is -2.41. The molecule has 0 radical (unpaired) electrons. The minimum atomic E-state index is -0.256. The van der Waals surface area contributed by atoms with Gasteiger partial charge in [0, 0.05) is 12.4 Å². The molecule has 1 rings (SSSR count). The summed E-state index contributed by atoms with van der Waals surface area (Å²) in [4.78, 5) is 13.5. The Morgan fingerprint density at radius 3 is 3.11 bits per heavy atom. The van der Waals surface area contributed by atoms with Crippen molar-refractivity contribution in [2.24, 2.45) is 0 Å². The summed E-state index contributed by atoms with van der Waals surface area (Å²) in [6.07, 6.45) is 1.15. The molecule has 0 saturated carbocycles. The Morgan fingerprint density at radius 2 is 2.44 bits per heavy atom. The van der Waals surface area contributed by atoms with Crippen LogP contribution in [0.3, 0.4) is 0 Å². The van der Waals surface area contributed by atoms with Crippen LogP contribution in [0.5, 0.6) is 0 Å². The van der Waals surface area contributed by atoms with Crippen LogP contribution in [0.4, 0.5) is 0 Å². The third-order valence-electron chi connectivity index (χ3n) is 2.58. The van der Waals surface area contributed by atoms with Crippen LogP contribution >= 0.6 is 11.8 Å². The van der Waals surface area contributed by atoms with Gasteiger partial charge >= 0.3 is 0 Å². The highest BCUT2D eigenvalue weighted by Gasteiger charge is 2.28. The van der Waals surface area contributed by atoms with Gasteiger partial charge in [0.2, 0.25) is 5.91 Å². The molecule has 0 spiro atoms. The van der Waals surface area contributed by atoms with Crippen LogP contribution < -0.4 is 5.32 Å². The van der Waals surface area contributed by atoms with Gasteiger partial charge in [-0.2, -0.15) is 5.26 Å². The number of rotatable bonds is 7. The van der Waals surface area contributed by atoms with Gasteiger partial charge in [-0.05, 0) is 26.8 Å². The first kappa shape index (κ1) is 15.3. The molecular formula is C12H21N3O2S. The molecule has 18 heavy (non-hydrogen) atoms. The summed E-state index contributed by atoms with van der Waals surface area (Å²) in [5.74, 6) is 1.37. The van der Waals surface area contributed by atoms with Crippen molar-refractivity contribution < 1.29 is 9.53 Å². The third-order valence-corrected chi connectivity index (χ3v) is 3.59. The van der Waals surface area contributed by atoms with Crippen LogP contribution in [-0.4, -0.2) is 54.3 Å². The number of carbonyl (C=O) groups is 1. The Hall–Kier alpha value is -0.770. The number of thioether (sulfide) groups is 1. The summed E-state index contributed by atoms with van der Waals surface area (Å²) in [6.45, 7) is 5.78. The van der Waals surface area contributed by atoms with Crippen molar-refractivity contribution in [1.82, 2.24) is 10.2 Å². The maximum Gasteiger partial charge on any atom is 0.238 e. The molecule has 1 saturated heterocycles. The molecule has 5 nitrogen and oxygen atoms in total. The molecule has 1 aliphatic heterocycles. The summed E-state index contributed by atoms with van der Waals surface area (Å²) in [5, 5.41) is 12.0. The number of carbonyl (C=O) groups excluding carboxylic acids is 1. The van der Waals surface area contributed by atoms with E-state index in [1.807, 2.05) is 13.8 Å². The second kappa shape index (κ2) is 8.35. The van der Waals surface area contributed by atoms with Crippen LogP contribution in [0.15, 0.2) is 0 Å². The Bertz CT molecular complexity index is 304. The normalized spacial score (nSPS) is 19.2. The predicted octanol–water partition coefficient (Wildman–Crippen LogP) is 0.816. The number of nitriles is 1. The van der Waals surface area contributed by atoms with E-state index in [1.165, 1.54) is 0 Å². The van der Waals surface area contributed by atoms with Crippen molar-refractivity contribution >= 4 is 17.7 Å². The number of nitrogens with zero attached hydrogens (tertiary/aromatic N) is 2. The van der Waals surface area contributed by atoms with Gasteiger partial charge in [0.05, 0.1) is 24.6 Å². The van der Waals surface area contributed by atoms with E-state index in [0.29, 0.717) is 19.0 Å². The van der Waals surface area contributed by atoms with E-state index in [0.717, 1.165) is 18.7 Å². The van der Waals surface area contributed by atoms with E-state index >= 15 is 0 Å². The zero-order valence-electron chi connectivity index (χ0n) is 11.0. The van der Waals surface area contributed by atoms with Crippen LogP contribution in [-0.2, 0) is 9.53 Å². The first-order chi connectivity index (χ1) is 8.65. The fourth-order valence-electron chi connectivity index (χ4n) is 1.61. The summed E-state index contributed by atoms with van der Waals surface area (Å²) >= 11 is 1.63. The highest BCUT2D eigenvalue weighted by molar-refractivity contribution is 7.99. The third kappa shape index (κ3) is 5.25. The SMILES string of the molecule is CC(C)OCCCNCC(=O)N1CSC[C@H]1C#N. The number of hydrogen-bond acceptors (Lipinski definition) is 5. The molecule has 1 amide bonds. The monoisotopic (exact) mass is 271 g/mol. The first-order valence-corrected chi connectivity index (χ1v) is 7.39. The van der Waals surface area contributed by atoms with Gasteiger partial charge in [-0.3, -0.25) is 4.79 Å². The second-order valence-electron chi connectivity index (χ2n) is 4.46. The molecule has 0 aromatic carbocycles. The van der Waals surface area contributed by atoms with E-state index in [4.69, 9.17) is 10.00 Å². The van der Waals surface area contributed by atoms with Gasteiger partial charge in [0.1, 0.15) is 6.04 Å². The van der Waals surface area contributed by atoms with Crippen LogP contribution in [0.25, 0.3) is 0 Å². The molecule has 102 valence electrons. The minimum absolute atomic E-state index is 0.0105. The number of nitrogens with one attached hydrogen (secondary N) is 1. The topological polar surface area (TPSA) is 65.4 Å². The zero-order chi connectivity index (χ0) is 13.4. The molecule has 1 atom stereocenters. The molecular weight excluding hydrogens is 250 g/mol. The molecule has 0 aliphatic carbocycles. The number of hydrogen-bond donors (Lipinski definition) is 1. The molecule has 1 N–H and O–H groups in total. The van der Waals surface area contributed by atoms with Crippen molar-refractivity contribution in [3.05, 3.63) is 0 Å². The van der Waals surface area contributed by atoms with E-state index in [9.17, 15) is 4.79 Å².